The van der Waals surface area contributed by atoms with Crippen molar-refractivity contribution in [2.75, 3.05) is 17.2 Å². The summed E-state index contributed by atoms with van der Waals surface area (Å²) in [6.07, 6.45) is 1.65. The van der Waals surface area contributed by atoms with E-state index in [-0.39, 0.29) is 11.5 Å². The van der Waals surface area contributed by atoms with E-state index in [1.807, 2.05) is 13.0 Å². The van der Waals surface area contributed by atoms with Crippen molar-refractivity contribution in [2.45, 2.75) is 6.92 Å². The predicted molar refractivity (Wildman–Crippen MR) is 89.1 cm³/mol. The lowest BCUT2D eigenvalue weighted by Gasteiger charge is -2.11. The molecule has 3 rings (SSSR count). The van der Waals surface area contributed by atoms with Crippen molar-refractivity contribution >= 4 is 17.5 Å². The molecular weight excluding hydrogens is 312 g/mol. The van der Waals surface area contributed by atoms with Gasteiger partial charge in [-0.05, 0) is 31.2 Å². The molecule has 7 heteroatoms. The summed E-state index contributed by atoms with van der Waals surface area (Å²) in [6, 6.07) is 10.7. The first-order valence-corrected chi connectivity index (χ1v) is 7.42. The number of para-hydroxylation sites is 1. The van der Waals surface area contributed by atoms with Gasteiger partial charge in [-0.2, -0.15) is 4.98 Å². The predicted octanol–water partition coefficient (Wildman–Crippen LogP) is 3.99. The standard InChI is InChI=1S/C17H15F2N5/c1-2-20-17-22-14(13-8-3-4-9-21-13)10-15(24-17)23-16-11(18)6-5-7-12(16)19/h3-10H,2H2,1H3,(H2,20,22,23,24). The number of benzene rings is 1. The first kappa shape index (κ1) is 15.8. The van der Waals surface area contributed by atoms with E-state index in [4.69, 9.17) is 0 Å². The van der Waals surface area contributed by atoms with E-state index >= 15 is 0 Å². The average Bonchev–Trinajstić information content (AvgIpc) is 2.59. The van der Waals surface area contributed by atoms with Crippen molar-refractivity contribution in [1.29, 1.82) is 0 Å². The van der Waals surface area contributed by atoms with Crippen LogP contribution in [0.15, 0.2) is 48.7 Å². The lowest BCUT2D eigenvalue weighted by Crippen LogP contribution is -2.06. The summed E-state index contributed by atoms with van der Waals surface area (Å²) >= 11 is 0. The van der Waals surface area contributed by atoms with E-state index in [0.29, 0.717) is 23.9 Å². The van der Waals surface area contributed by atoms with Gasteiger partial charge in [0, 0.05) is 18.8 Å². The molecule has 122 valence electrons. The molecule has 2 aromatic heterocycles. The van der Waals surface area contributed by atoms with Crippen molar-refractivity contribution in [3.63, 3.8) is 0 Å². The summed E-state index contributed by atoms with van der Waals surface area (Å²) in [4.78, 5) is 12.8. The Labute approximate surface area is 137 Å². The Balaban J connectivity index is 2.02. The molecule has 0 aliphatic rings. The molecule has 0 spiro atoms. The van der Waals surface area contributed by atoms with Crippen LogP contribution in [0.5, 0.6) is 0 Å². The Hall–Kier alpha value is -3.09. The monoisotopic (exact) mass is 327 g/mol. The van der Waals surface area contributed by atoms with E-state index in [9.17, 15) is 8.78 Å². The zero-order valence-electron chi connectivity index (χ0n) is 12.9. The molecule has 24 heavy (non-hydrogen) atoms. The number of nitrogens with one attached hydrogen (secondary N) is 2. The molecule has 0 saturated carbocycles. The highest BCUT2D eigenvalue weighted by Crippen LogP contribution is 2.25. The Morgan fingerprint density at radius 3 is 2.42 bits per heavy atom. The Morgan fingerprint density at radius 1 is 0.958 bits per heavy atom. The van der Waals surface area contributed by atoms with E-state index < -0.39 is 11.6 Å². The number of aromatic nitrogens is 3. The highest BCUT2D eigenvalue weighted by molar-refractivity contribution is 5.65. The van der Waals surface area contributed by atoms with Gasteiger partial charge in [0.25, 0.3) is 0 Å². The highest BCUT2D eigenvalue weighted by Gasteiger charge is 2.12. The second kappa shape index (κ2) is 6.99. The molecule has 0 amide bonds. The minimum Gasteiger partial charge on any atom is -0.354 e. The number of pyridine rings is 1. The third-order valence-electron chi connectivity index (χ3n) is 3.20. The molecule has 0 fully saturated rings. The second-order valence-electron chi connectivity index (χ2n) is 4.93. The number of anilines is 3. The van der Waals surface area contributed by atoms with Crippen molar-refractivity contribution in [3.8, 4) is 11.4 Å². The van der Waals surface area contributed by atoms with Crippen molar-refractivity contribution in [1.82, 2.24) is 15.0 Å². The van der Waals surface area contributed by atoms with E-state index in [1.165, 1.54) is 18.2 Å². The number of halogens is 2. The van der Waals surface area contributed by atoms with Crippen LogP contribution in [0.1, 0.15) is 6.92 Å². The van der Waals surface area contributed by atoms with E-state index in [2.05, 4.69) is 25.6 Å². The maximum absolute atomic E-state index is 13.8. The zero-order valence-corrected chi connectivity index (χ0v) is 12.9. The van der Waals surface area contributed by atoms with Crippen LogP contribution < -0.4 is 10.6 Å². The van der Waals surface area contributed by atoms with Crippen LogP contribution in [-0.2, 0) is 0 Å². The quantitative estimate of drug-likeness (QED) is 0.742. The largest absolute Gasteiger partial charge is 0.354 e. The minimum atomic E-state index is -0.696. The van der Waals surface area contributed by atoms with Crippen molar-refractivity contribution < 1.29 is 8.78 Å². The summed E-state index contributed by atoms with van der Waals surface area (Å²) in [5.41, 5.74) is 0.919. The van der Waals surface area contributed by atoms with Crippen LogP contribution in [0, 0.1) is 11.6 Å². The first-order chi connectivity index (χ1) is 11.7. The van der Waals surface area contributed by atoms with Gasteiger partial charge < -0.3 is 10.6 Å². The van der Waals surface area contributed by atoms with Gasteiger partial charge in [0.1, 0.15) is 23.1 Å². The molecule has 5 nitrogen and oxygen atoms in total. The van der Waals surface area contributed by atoms with Gasteiger partial charge in [-0.15, -0.1) is 0 Å². The van der Waals surface area contributed by atoms with Crippen LogP contribution in [0.25, 0.3) is 11.4 Å². The van der Waals surface area contributed by atoms with Gasteiger partial charge in [0.05, 0.1) is 11.4 Å². The van der Waals surface area contributed by atoms with Gasteiger partial charge in [0.15, 0.2) is 0 Å². The van der Waals surface area contributed by atoms with E-state index in [0.717, 1.165) is 0 Å². The summed E-state index contributed by atoms with van der Waals surface area (Å²) in [6.45, 7) is 2.51. The molecule has 2 N–H and O–H groups in total. The van der Waals surface area contributed by atoms with Gasteiger partial charge in [-0.1, -0.05) is 12.1 Å². The molecule has 0 saturated heterocycles. The minimum absolute atomic E-state index is 0.259. The lowest BCUT2D eigenvalue weighted by molar-refractivity contribution is 0.590. The van der Waals surface area contributed by atoms with Crippen molar-refractivity contribution in [2.24, 2.45) is 0 Å². The molecule has 3 aromatic rings. The molecular formula is C17H15F2N5. The van der Waals surface area contributed by atoms with Gasteiger partial charge >= 0.3 is 0 Å². The molecule has 0 aliphatic carbocycles. The number of rotatable bonds is 5. The third kappa shape index (κ3) is 3.45. The smallest absolute Gasteiger partial charge is 0.225 e. The Bertz CT molecular complexity index is 819. The van der Waals surface area contributed by atoms with Crippen LogP contribution in [0.3, 0.4) is 0 Å². The molecule has 0 unspecified atom stereocenters. The lowest BCUT2D eigenvalue weighted by atomic mass is 10.2. The molecule has 0 bridgehead atoms. The Kier molecular flexibility index (Phi) is 4.60. The fraction of sp³-hybridized carbons (Fsp3) is 0.118. The normalized spacial score (nSPS) is 10.5. The Morgan fingerprint density at radius 2 is 1.75 bits per heavy atom. The van der Waals surface area contributed by atoms with Gasteiger partial charge in [-0.3, -0.25) is 4.98 Å². The number of hydrogen-bond acceptors (Lipinski definition) is 5. The summed E-state index contributed by atoms with van der Waals surface area (Å²) in [7, 11) is 0. The number of hydrogen-bond donors (Lipinski definition) is 2. The highest BCUT2D eigenvalue weighted by atomic mass is 19.1. The van der Waals surface area contributed by atoms with Crippen molar-refractivity contribution in [3.05, 3.63) is 60.3 Å². The van der Waals surface area contributed by atoms with Crippen LogP contribution in [-0.4, -0.2) is 21.5 Å². The zero-order chi connectivity index (χ0) is 16.9. The van der Waals surface area contributed by atoms with Gasteiger partial charge in [-0.25, -0.2) is 13.8 Å². The summed E-state index contributed by atoms with van der Waals surface area (Å²) < 4.78 is 27.7. The second-order valence-corrected chi connectivity index (χ2v) is 4.93. The summed E-state index contributed by atoms with van der Waals surface area (Å²) in [5, 5.41) is 5.68. The van der Waals surface area contributed by atoms with Crippen LogP contribution in [0.4, 0.5) is 26.2 Å². The summed E-state index contributed by atoms with van der Waals surface area (Å²) in [5.74, 6) is -0.776. The fourth-order valence-corrected chi connectivity index (χ4v) is 2.14. The number of nitrogens with zero attached hydrogens (tertiary/aromatic N) is 3. The van der Waals surface area contributed by atoms with Crippen LogP contribution in [0.2, 0.25) is 0 Å². The van der Waals surface area contributed by atoms with Gasteiger partial charge in [0.2, 0.25) is 5.95 Å². The molecule has 0 atom stereocenters. The third-order valence-corrected chi connectivity index (χ3v) is 3.20. The molecule has 1 aromatic carbocycles. The fourth-order valence-electron chi connectivity index (χ4n) is 2.14. The van der Waals surface area contributed by atoms with E-state index in [1.54, 1.807) is 24.4 Å². The first-order valence-electron chi connectivity index (χ1n) is 7.42. The van der Waals surface area contributed by atoms with Crippen LogP contribution >= 0.6 is 0 Å². The molecule has 0 radical (unpaired) electrons. The maximum Gasteiger partial charge on any atom is 0.225 e. The molecule has 0 aliphatic heterocycles. The average molecular weight is 327 g/mol. The molecule has 2 heterocycles. The SMILES string of the molecule is CCNc1nc(Nc2c(F)cccc2F)cc(-c2ccccn2)n1. The topological polar surface area (TPSA) is 62.7 Å². The maximum atomic E-state index is 13.8.